The van der Waals surface area contributed by atoms with Gasteiger partial charge in [0.25, 0.3) is 0 Å². The molecule has 13 heavy (non-hydrogen) atoms. The van der Waals surface area contributed by atoms with Crippen LogP contribution in [-0.2, 0) is 4.79 Å². The third-order valence-corrected chi connectivity index (χ3v) is 3.65. The summed E-state index contributed by atoms with van der Waals surface area (Å²) in [6.07, 6.45) is 3.26. The molecule has 3 N–H and O–H groups in total. The van der Waals surface area contributed by atoms with Crippen LogP contribution in [0.25, 0.3) is 0 Å². The van der Waals surface area contributed by atoms with Crippen molar-refractivity contribution in [3.63, 3.8) is 0 Å². The summed E-state index contributed by atoms with van der Waals surface area (Å²) in [7, 11) is 0. The van der Waals surface area contributed by atoms with Crippen molar-refractivity contribution in [2.75, 3.05) is 13.1 Å². The van der Waals surface area contributed by atoms with Crippen molar-refractivity contribution < 1.29 is 4.79 Å². The predicted octanol–water partition coefficient (Wildman–Crippen LogP) is 0.736. The van der Waals surface area contributed by atoms with E-state index in [1.807, 2.05) is 0 Å². The van der Waals surface area contributed by atoms with Crippen molar-refractivity contribution in [3.8, 4) is 0 Å². The first-order valence-electron chi connectivity index (χ1n) is 4.87. The molecule has 3 nitrogen and oxygen atoms in total. The van der Waals surface area contributed by atoms with Gasteiger partial charge < -0.3 is 11.1 Å². The second-order valence-corrected chi connectivity index (χ2v) is 5.10. The van der Waals surface area contributed by atoms with Crippen LogP contribution in [0.5, 0.6) is 0 Å². The lowest BCUT2D eigenvalue weighted by Gasteiger charge is -2.16. The molecular weight excluding hydrogens is 184 g/mol. The predicted molar refractivity (Wildman–Crippen MR) is 56.8 cm³/mol. The standard InChI is InChI=1S/C9H18N2OS/c1-7(6-10)13-8-4-2-3-5-11-9(8)12/h7-8H,2-6,10H2,1H3,(H,11,12). The van der Waals surface area contributed by atoms with Crippen LogP contribution < -0.4 is 11.1 Å². The van der Waals surface area contributed by atoms with Gasteiger partial charge in [-0.3, -0.25) is 4.79 Å². The lowest BCUT2D eigenvalue weighted by atomic mass is 10.2. The fourth-order valence-corrected chi connectivity index (χ4v) is 2.56. The van der Waals surface area contributed by atoms with E-state index in [9.17, 15) is 4.79 Å². The van der Waals surface area contributed by atoms with Crippen LogP contribution in [0.2, 0.25) is 0 Å². The molecule has 0 aromatic heterocycles. The molecule has 1 rings (SSSR count). The van der Waals surface area contributed by atoms with Crippen molar-refractivity contribution in [1.82, 2.24) is 5.32 Å². The van der Waals surface area contributed by atoms with Gasteiger partial charge in [-0.05, 0) is 12.8 Å². The first-order chi connectivity index (χ1) is 6.24. The summed E-state index contributed by atoms with van der Waals surface area (Å²) >= 11 is 1.70. The van der Waals surface area contributed by atoms with Gasteiger partial charge in [-0.2, -0.15) is 0 Å². The number of carbonyl (C=O) groups excluding carboxylic acids is 1. The molecule has 76 valence electrons. The molecule has 0 saturated carbocycles. The summed E-state index contributed by atoms with van der Waals surface area (Å²) in [5.74, 6) is 0.197. The highest BCUT2D eigenvalue weighted by molar-refractivity contribution is 8.01. The van der Waals surface area contributed by atoms with Gasteiger partial charge in [-0.15, -0.1) is 11.8 Å². The Balaban J connectivity index is 2.40. The van der Waals surface area contributed by atoms with Gasteiger partial charge in [0.1, 0.15) is 0 Å². The molecule has 1 saturated heterocycles. The van der Waals surface area contributed by atoms with E-state index in [1.54, 1.807) is 11.8 Å². The van der Waals surface area contributed by atoms with Crippen LogP contribution in [0.1, 0.15) is 26.2 Å². The summed E-state index contributed by atoms with van der Waals surface area (Å²) in [5.41, 5.74) is 5.52. The second kappa shape index (κ2) is 5.50. The van der Waals surface area contributed by atoms with Gasteiger partial charge in [0, 0.05) is 18.3 Å². The zero-order chi connectivity index (χ0) is 9.68. The molecule has 4 heteroatoms. The Hall–Kier alpha value is -0.220. The van der Waals surface area contributed by atoms with Crippen molar-refractivity contribution >= 4 is 17.7 Å². The fourth-order valence-electron chi connectivity index (χ4n) is 1.38. The van der Waals surface area contributed by atoms with Crippen LogP contribution >= 0.6 is 11.8 Å². The van der Waals surface area contributed by atoms with Crippen molar-refractivity contribution in [2.24, 2.45) is 5.73 Å². The van der Waals surface area contributed by atoms with E-state index >= 15 is 0 Å². The number of hydrogen-bond donors (Lipinski definition) is 2. The average Bonchev–Trinajstić information content (AvgIpc) is 2.32. The van der Waals surface area contributed by atoms with Crippen LogP contribution in [0, 0.1) is 0 Å². The number of nitrogens with one attached hydrogen (secondary N) is 1. The second-order valence-electron chi connectivity index (χ2n) is 3.46. The molecular formula is C9H18N2OS. The Morgan fingerprint density at radius 1 is 1.69 bits per heavy atom. The Bertz CT molecular complexity index is 175. The van der Waals surface area contributed by atoms with Gasteiger partial charge in [0.05, 0.1) is 5.25 Å². The molecule has 0 aromatic carbocycles. The van der Waals surface area contributed by atoms with Crippen LogP contribution in [0.3, 0.4) is 0 Å². The number of thioether (sulfide) groups is 1. The molecule has 1 aliphatic heterocycles. The molecule has 1 amide bonds. The molecule has 0 aliphatic carbocycles. The maximum atomic E-state index is 11.5. The largest absolute Gasteiger partial charge is 0.355 e. The normalized spacial score (nSPS) is 26.3. The zero-order valence-corrected chi connectivity index (χ0v) is 8.90. The maximum absolute atomic E-state index is 11.5. The van der Waals surface area contributed by atoms with Gasteiger partial charge >= 0.3 is 0 Å². The average molecular weight is 202 g/mol. The maximum Gasteiger partial charge on any atom is 0.233 e. The van der Waals surface area contributed by atoms with E-state index in [0.29, 0.717) is 11.8 Å². The quantitative estimate of drug-likeness (QED) is 0.709. The zero-order valence-electron chi connectivity index (χ0n) is 8.08. The fraction of sp³-hybridized carbons (Fsp3) is 0.889. The van der Waals surface area contributed by atoms with Crippen LogP contribution in [-0.4, -0.2) is 29.5 Å². The van der Waals surface area contributed by atoms with E-state index < -0.39 is 0 Å². The van der Waals surface area contributed by atoms with Crippen LogP contribution in [0.4, 0.5) is 0 Å². The summed E-state index contributed by atoms with van der Waals surface area (Å²) in [5, 5.41) is 3.43. The number of amides is 1. The van der Waals surface area contributed by atoms with E-state index in [-0.39, 0.29) is 11.2 Å². The molecule has 0 aromatic rings. The van der Waals surface area contributed by atoms with Crippen molar-refractivity contribution in [1.29, 1.82) is 0 Å². The topological polar surface area (TPSA) is 55.1 Å². The van der Waals surface area contributed by atoms with Crippen LogP contribution in [0.15, 0.2) is 0 Å². The van der Waals surface area contributed by atoms with Crippen molar-refractivity contribution in [3.05, 3.63) is 0 Å². The molecule has 1 aliphatic rings. The lowest BCUT2D eigenvalue weighted by Crippen LogP contribution is -2.32. The van der Waals surface area contributed by atoms with Gasteiger partial charge in [0.15, 0.2) is 0 Å². The Labute approximate surface area is 83.8 Å². The van der Waals surface area contributed by atoms with E-state index in [0.717, 1.165) is 25.8 Å². The molecule has 0 bridgehead atoms. The van der Waals surface area contributed by atoms with Gasteiger partial charge in [-0.25, -0.2) is 0 Å². The highest BCUT2D eigenvalue weighted by Gasteiger charge is 2.22. The molecule has 1 heterocycles. The monoisotopic (exact) mass is 202 g/mol. The van der Waals surface area contributed by atoms with Gasteiger partial charge in [0.2, 0.25) is 5.91 Å². The SMILES string of the molecule is CC(CN)SC1CCCCNC1=O. The van der Waals surface area contributed by atoms with Gasteiger partial charge in [-0.1, -0.05) is 13.3 Å². The minimum Gasteiger partial charge on any atom is -0.355 e. The van der Waals surface area contributed by atoms with E-state index in [1.165, 1.54) is 0 Å². The summed E-state index contributed by atoms with van der Waals surface area (Å²) in [6, 6.07) is 0. The summed E-state index contributed by atoms with van der Waals surface area (Å²) in [6.45, 7) is 3.56. The van der Waals surface area contributed by atoms with E-state index in [2.05, 4.69) is 12.2 Å². The molecule has 2 unspecified atom stereocenters. The molecule has 0 spiro atoms. The number of rotatable bonds is 3. The highest BCUT2D eigenvalue weighted by Crippen LogP contribution is 2.23. The number of carbonyl (C=O) groups is 1. The number of nitrogens with two attached hydrogens (primary N) is 1. The highest BCUT2D eigenvalue weighted by atomic mass is 32.2. The molecule has 1 fully saturated rings. The smallest absolute Gasteiger partial charge is 0.233 e. The lowest BCUT2D eigenvalue weighted by molar-refractivity contribution is -0.120. The third kappa shape index (κ3) is 3.56. The van der Waals surface area contributed by atoms with E-state index in [4.69, 9.17) is 5.73 Å². The third-order valence-electron chi connectivity index (χ3n) is 2.21. The Morgan fingerprint density at radius 2 is 2.46 bits per heavy atom. The Kier molecular flexibility index (Phi) is 4.59. The summed E-state index contributed by atoms with van der Waals surface area (Å²) < 4.78 is 0. The first-order valence-corrected chi connectivity index (χ1v) is 5.81. The summed E-state index contributed by atoms with van der Waals surface area (Å²) in [4.78, 5) is 11.5. The molecule has 0 radical (unpaired) electrons. The number of hydrogen-bond acceptors (Lipinski definition) is 3. The Morgan fingerprint density at radius 3 is 3.15 bits per heavy atom. The molecule has 2 atom stereocenters. The minimum atomic E-state index is 0.126. The first kappa shape index (κ1) is 10.9. The minimum absolute atomic E-state index is 0.126. The van der Waals surface area contributed by atoms with Crippen molar-refractivity contribution in [2.45, 2.75) is 36.7 Å².